The molecule has 4 atom stereocenters. The van der Waals surface area contributed by atoms with Crippen LogP contribution in [0.5, 0.6) is 0 Å². The van der Waals surface area contributed by atoms with Crippen LogP contribution in [-0.2, 0) is 43.0 Å². The predicted molar refractivity (Wildman–Crippen MR) is 193 cm³/mol. The van der Waals surface area contributed by atoms with Crippen molar-refractivity contribution in [3.8, 4) is 0 Å². The van der Waals surface area contributed by atoms with Gasteiger partial charge in [-0.3, -0.25) is 19.2 Å². The smallest absolute Gasteiger partial charge is 0.452 e. The van der Waals surface area contributed by atoms with E-state index in [2.05, 4.69) is 21.3 Å². The van der Waals surface area contributed by atoms with Crippen molar-refractivity contribution in [2.45, 2.75) is 97.0 Å². The van der Waals surface area contributed by atoms with E-state index in [9.17, 15) is 50.3 Å². The van der Waals surface area contributed by atoms with Crippen LogP contribution in [0.3, 0.4) is 0 Å². The van der Waals surface area contributed by atoms with E-state index in [0.717, 1.165) is 18.2 Å². The number of allylic oxidation sites excluding steroid dienone is 2. The maximum Gasteiger partial charge on any atom is 0.452 e. The maximum absolute atomic E-state index is 14.2. The van der Waals surface area contributed by atoms with Gasteiger partial charge in [0.2, 0.25) is 11.8 Å². The van der Waals surface area contributed by atoms with Gasteiger partial charge in [0.25, 0.3) is 11.7 Å². The lowest BCUT2D eigenvalue weighted by Crippen LogP contribution is -2.62. The highest BCUT2D eigenvalue weighted by Crippen LogP contribution is 2.34. The lowest BCUT2D eigenvalue weighted by Gasteiger charge is -2.37. The summed E-state index contributed by atoms with van der Waals surface area (Å²) in [5.74, 6) is -6.03. The van der Waals surface area contributed by atoms with Crippen molar-refractivity contribution in [2.24, 2.45) is 11.3 Å². The number of hydrogen-bond donors (Lipinski definition) is 4. The molecule has 0 saturated heterocycles. The Labute approximate surface area is 320 Å². The number of ketones is 1. The molecule has 0 aromatic heterocycles. The molecular weight excluding hydrogens is 750 g/mol. The van der Waals surface area contributed by atoms with Crippen LogP contribution in [0.4, 0.5) is 31.1 Å². The van der Waals surface area contributed by atoms with Crippen LogP contribution in [0.15, 0.2) is 72.5 Å². The van der Waals surface area contributed by atoms with Crippen LogP contribution in [-0.4, -0.2) is 66.6 Å². The largest absolute Gasteiger partial charge is 0.497 e. The van der Waals surface area contributed by atoms with Gasteiger partial charge in [-0.25, -0.2) is 4.79 Å². The van der Waals surface area contributed by atoms with Crippen LogP contribution in [0.25, 0.3) is 0 Å². The van der Waals surface area contributed by atoms with Crippen molar-refractivity contribution >= 4 is 29.6 Å². The molecule has 3 rings (SSSR count). The number of ether oxygens (including phenoxy) is 2. The van der Waals surface area contributed by atoms with E-state index >= 15 is 0 Å². The summed E-state index contributed by atoms with van der Waals surface area (Å²) in [5.41, 5.74) is -2.54. The number of amides is 4. The summed E-state index contributed by atoms with van der Waals surface area (Å²) in [6, 6.07) is 4.66. The highest BCUT2D eigenvalue weighted by molar-refractivity contribution is 5.99. The topological polar surface area (TPSA) is 152 Å². The van der Waals surface area contributed by atoms with Gasteiger partial charge in [-0.05, 0) is 74.6 Å². The van der Waals surface area contributed by atoms with Gasteiger partial charge in [0.1, 0.15) is 23.4 Å². The summed E-state index contributed by atoms with van der Waals surface area (Å²) >= 11 is 0. The minimum absolute atomic E-state index is 0.0324. The quantitative estimate of drug-likeness (QED) is 0.163. The zero-order valence-electron chi connectivity index (χ0n) is 31.9. The number of hydrogen-bond acceptors (Lipinski definition) is 7. The molecule has 4 N–H and O–H groups in total. The Balaban J connectivity index is 1.99. The molecule has 11 nitrogen and oxygen atoms in total. The molecule has 1 unspecified atom stereocenters. The number of halogens is 6. The van der Waals surface area contributed by atoms with E-state index in [1.807, 2.05) is 0 Å². The number of rotatable bonds is 14. The summed E-state index contributed by atoms with van der Waals surface area (Å²) in [6.45, 7) is 9.31. The predicted octanol–water partition coefficient (Wildman–Crippen LogP) is 6.32. The summed E-state index contributed by atoms with van der Waals surface area (Å²) in [5, 5.41) is 9.72. The molecule has 0 saturated carbocycles. The molecule has 0 spiro atoms. The van der Waals surface area contributed by atoms with Gasteiger partial charge in [-0.15, -0.1) is 0 Å². The molecule has 4 amide bonds. The van der Waals surface area contributed by atoms with E-state index < -0.39 is 88.1 Å². The zero-order valence-corrected chi connectivity index (χ0v) is 31.9. The molecule has 0 fully saturated rings. The van der Waals surface area contributed by atoms with Crippen molar-refractivity contribution in [2.75, 3.05) is 7.11 Å². The van der Waals surface area contributed by atoms with E-state index in [0.29, 0.717) is 23.0 Å². The lowest BCUT2D eigenvalue weighted by atomic mass is 9.75. The average Bonchev–Trinajstić information content (AvgIpc) is 3.10. The second-order valence-corrected chi connectivity index (χ2v) is 14.9. The van der Waals surface area contributed by atoms with E-state index in [-0.39, 0.29) is 19.4 Å². The van der Waals surface area contributed by atoms with E-state index in [4.69, 9.17) is 9.47 Å². The Morgan fingerprint density at radius 3 is 2.00 bits per heavy atom. The summed E-state index contributed by atoms with van der Waals surface area (Å²) in [6.07, 6.45) is -6.39. The van der Waals surface area contributed by atoms with Crippen LogP contribution in [0.2, 0.25) is 0 Å². The molecule has 56 heavy (non-hydrogen) atoms. The van der Waals surface area contributed by atoms with E-state index in [1.165, 1.54) is 40.0 Å². The molecule has 2 aromatic rings. The first-order valence-corrected chi connectivity index (χ1v) is 17.5. The third kappa shape index (κ3) is 12.9. The third-order valence-corrected chi connectivity index (χ3v) is 8.71. The van der Waals surface area contributed by atoms with Gasteiger partial charge in [0.15, 0.2) is 0 Å². The second kappa shape index (κ2) is 18.1. The Morgan fingerprint density at radius 2 is 1.48 bits per heavy atom. The normalized spacial score (nSPS) is 17.5. The monoisotopic (exact) mass is 796 g/mol. The van der Waals surface area contributed by atoms with E-state index in [1.54, 1.807) is 51.1 Å². The molecule has 0 heterocycles. The molecule has 1 aliphatic carbocycles. The SMILES string of the molecule is COC1=CCC(C)([C@H](NC(=O)[C@H](Cc2ccc(CNC(=O)OC(C)(C)C)cc2)NC(=O)c2cccc(C(F)(F)F)c2)C(=O)N[C@H](C(=O)C(F)(F)F)C(C)C)C=C1. The number of alkyl carbamates (subject to hydrolysis) is 1. The molecule has 0 radical (unpaired) electrons. The summed E-state index contributed by atoms with van der Waals surface area (Å²) in [4.78, 5) is 65.9. The number of nitrogens with one attached hydrogen (secondary N) is 4. The number of carbonyl (C=O) groups excluding carboxylic acids is 5. The number of benzene rings is 2. The van der Waals surface area contributed by atoms with Gasteiger partial charge in [0, 0.05) is 23.9 Å². The van der Waals surface area contributed by atoms with Gasteiger partial charge >= 0.3 is 18.4 Å². The third-order valence-electron chi connectivity index (χ3n) is 8.71. The first kappa shape index (κ1) is 45.0. The highest BCUT2D eigenvalue weighted by atomic mass is 19.4. The average molecular weight is 797 g/mol. The Hall–Kier alpha value is -5.35. The zero-order chi connectivity index (χ0) is 42.2. The van der Waals surface area contributed by atoms with Crippen molar-refractivity contribution in [3.05, 3.63) is 94.8 Å². The number of alkyl halides is 6. The summed E-state index contributed by atoms with van der Waals surface area (Å²) in [7, 11) is 1.39. The number of Topliss-reactive ketones (excluding diaryl/α,β-unsaturated/α-hetero) is 1. The first-order valence-electron chi connectivity index (χ1n) is 17.5. The maximum atomic E-state index is 14.2. The fourth-order valence-corrected chi connectivity index (χ4v) is 5.62. The van der Waals surface area contributed by atoms with Crippen LogP contribution >= 0.6 is 0 Å². The highest BCUT2D eigenvalue weighted by Gasteiger charge is 2.47. The molecule has 0 aliphatic heterocycles. The number of carbonyl (C=O) groups is 5. The van der Waals surface area contributed by atoms with Crippen molar-refractivity contribution < 1.29 is 59.8 Å². The van der Waals surface area contributed by atoms with Gasteiger partial charge < -0.3 is 30.7 Å². The minimum atomic E-state index is -5.29. The molecular formula is C39H46F6N4O7. The van der Waals surface area contributed by atoms with Crippen molar-refractivity contribution in [3.63, 3.8) is 0 Å². The Kier molecular flexibility index (Phi) is 14.5. The van der Waals surface area contributed by atoms with Gasteiger partial charge in [0.05, 0.1) is 18.7 Å². The lowest BCUT2D eigenvalue weighted by molar-refractivity contribution is -0.175. The number of methoxy groups -OCH3 is 1. The molecule has 2 aromatic carbocycles. The Morgan fingerprint density at radius 1 is 0.857 bits per heavy atom. The molecule has 0 bridgehead atoms. The van der Waals surface area contributed by atoms with Crippen LogP contribution in [0.1, 0.15) is 75.0 Å². The fraction of sp³-hybridized carbons (Fsp3) is 0.462. The molecule has 17 heteroatoms. The van der Waals surface area contributed by atoms with Crippen molar-refractivity contribution in [1.82, 2.24) is 21.3 Å². The van der Waals surface area contributed by atoms with Crippen molar-refractivity contribution in [1.29, 1.82) is 0 Å². The second-order valence-electron chi connectivity index (χ2n) is 14.9. The molecule has 1 aliphatic rings. The standard InChI is InChI=1S/C39H46F6N4O7/c1-22(2)29(31(50)39(43,44)45)48-34(53)30(37(6)17-15-27(55-7)16-18-37)49-33(52)28(47-32(51)25-9-8-10-26(20-25)38(40,41)42)19-23-11-13-24(14-12-23)21-46-35(54)56-36(3,4)5/h8-17,20,22,28-30H,18-19,21H2,1-7H3,(H,46,54)(H,47,51)(H,48,53)(H,49,52)/t28-,29-,30+,37?/m0/s1. The minimum Gasteiger partial charge on any atom is -0.497 e. The summed E-state index contributed by atoms with van der Waals surface area (Å²) < 4.78 is 91.5. The van der Waals surface area contributed by atoms with Gasteiger partial charge in [-0.2, -0.15) is 26.3 Å². The van der Waals surface area contributed by atoms with Crippen LogP contribution < -0.4 is 21.3 Å². The van der Waals surface area contributed by atoms with Gasteiger partial charge in [-0.1, -0.05) is 57.2 Å². The van der Waals surface area contributed by atoms with Crippen LogP contribution in [0, 0.1) is 11.3 Å². The molecule has 306 valence electrons. The first-order chi connectivity index (χ1) is 25.8. The Bertz CT molecular complexity index is 1820. The fourth-order valence-electron chi connectivity index (χ4n) is 5.62.